The highest BCUT2D eigenvalue weighted by atomic mass is 32.2. The van der Waals surface area contributed by atoms with Crippen molar-refractivity contribution in [2.75, 3.05) is 24.0 Å². The first kappa shape index (κ1) is 29.0. The smallest absolute Gasteiger partial charge is 0.326 e. The summed E-state index contributed by atoms with van der Waals surface area (Å²) < 4.78 is 0. The first-order valence-electron chi connectivity index (χ1n) is 12.1. The van der Waals surface area contributed by atoms with Gasteiger partial charge in [-0.1, -0.05) is 12.1 Å². The van der Waals surface area contributed by atoms with Crippen LogP contribution in [-0.4, -0.2) is 97.5 Å². The largest absolute Gasteiger partial charge is 0.480 e. The van der Waals surface area contributed by atoms with Crippen molar-refractivity contribution < 1.29 is 43.8 Å². The molecule has 0 fully saturated rings. The molecule has 0 saturated heterocycles. The summed E-state index contributed by atoms with van der Waals surface area (Å²) in [6, 6.07) is 4.92. The van der Waals surface area contributed by atoms with E-state index in [1.165, 1.54) is 59.9 Å². The van der Waals surface area contributed by atoms with E-state index in [-0.39, 0.29) is 46.2 Å². The molecular formula is C27H24N2O9S2. The van der Waals surface area contributed by atoms with Gasteiger partial charge < -0.3 is 10.2 Å². The van der Waals surface area contributed by atoms with Crippen LogP contribution in [-0.2, 0) is 9.59 Å². The predicted molar refractivity (Wildman–Crippen MR) is 146 cm³/mol. The van der Waals surface area contributed by atoms with E-state index >= 15 is 0 Å². The van der Waals surface area contributed by atoms with Gasteiger partial charge in [-0.3, -0.25) is 33.8 Å². The number of aliphatic carboxylic acids is 2. The molecule has 2 aliphatic heterocycles. The molecule has 2 aromatic carbocycles. The van der Waals surface area contributed by atoms with Crippen molar-refractivity contribution in [3.05, 3.63) is 69.8 Å². The second-order valence-electron chi connectivity index (χ2n) is 9.08. The van der Waals surface area contributed by atoms with Crippen LogP contribution in [0.15, 0.2) is 36.4 Å². The summed E-state index contributed by atoms with van der Waals surface area (Å²) >= 11 is 2.75. The van der Waals surface area contributed by atoms with Crippen molar-refractivity contribution in [1.29, 1.82) is 0 Å². The van der Waals surface area contributed by atoms with Gasteiger partial charge in [0.2, 0.25) is 0 Å². The maximum Gasteiger partial charge on any atom is 0.326 e. The maximum atomic E-state index is 13.3. The van der Waals surface area contributed by atoms with Gasteiger partial charge in [0.25, 0.3) is 23.6 Å². The van der Waals surface area contributed by atoms with Crippen molar-refractivity contribution in [2.45, 2.75) is 24.9 Å². The minimum Gasteiger partial charge on any atom is -0.480 e. The number of hydrogen-bond donors (Lipinski definition) is 2. The third kappa shape index (κ3) is 5.02. The van der Waals surface area contributed by atoms with Crippen molar-refractivity contribution in [2.24, 2.45) is 0 Å². The van der Waals surface area contributed by atoms with Gasteiger partial charge in [0.15, 0.2) is 5.78 Å². The number of amides is 4. The Morgan fingerprint density at radius 3 is 1.32 bits per heavy atom. The molecule has 4 rings (SSSR count). The van der Waals surface area contributed by atoms with Crippen molar-refractivity contribution in [3.63, 3.8) is 0 Å². The summed E-state index contributed by atoms with van der Waals surface area (Å²) in [5, 5.41) is 19.2. The summed E-state index contributed by atoms with van der Waals surface area (Å²) in [5.74, 6) is -5.58. The van der Waals surface area contributed by atoms with Crippen LogP contribution in [0.1, 0.15) is 70.2 Å². The highest BCUT2D eigenvalue weighted by molar-refractivity contribution is 7.98. The monoisotopic (exact) mass is 584 g/mol. The van der Waals surface area contributed by atoms with Gasteiger partial charge in [-0.05, 0) is 61.1 Å². The molecule has 0 saturated carbocycles. The first-order chi connectivity index (χ1) is 19.0. The van der Waals surface area contributed by atoms with E-state index in [0.29, 0.717) is 21.3 Å². The van der Waals surface area contributed by atoms with Crippen LogP contribution in [0.5, 0.6) is 0 Å². The number of thioether (sulfide) groups is 2. The molecule has 40 heavy (non-hydrogen) atoms. The molecule has 2 N–H and O–H groups in total. The average Bonchev–Trinajstić information content (AvgIpc) is 3.32. The number of ketones is 1. The molecule has 2 atom stereocenters. The number of rotatable bonds is 12. The second kappa shape index (κ2) is 11.6. The van der Waals surface area contributed by atoms with Gasteiger partial charge in [-0.25, -0.2) is 9.59 Å². The lowest BCUT2D eigenvalue weighted by molar-refractivity contribution is -0.142. The van der Waals surface area contributed by atoms with Crippen molar-refractivity contribution in [3.8, 4) is 0 Å². The molecule has 11 nitrogen and oxygen atoms in total. The highest BCUT2D eigenvalue weighted by Gasteiger charge is 2.44. The standard InChI is InChI=1S/C27H24N2O9S2/c1-39-9-7-19(26(35)36)28-22(31)15-5-3-13(11-17(15)24(28)33)21(30)14-4-6-16-18(12-14)25(34)29(23(16)32)20(27(37)38)8-10-40-2/h3-6,11-12,19-20H,7-10H2,1-2H3,(H,35,36)(H,37,38)/t19-,20-/m0/s1. The van der Waals surface area contributed by atoms with E-state index in [2.05, 4.69) is 0 Å². The van der Waals surface area contributed by atoms with Gasteiger partial charge in [0.05, 0.1) is 22.3 Å². The number of nitrogens with zero attached hydrogens (tertiary/aromatic N) is 2. The molecule has 0 radical (unpaired) electrons. The van der Waals surface area contributed by atoms with E-state index in [0.717, 1.165) is 0 Å². The second-order valence-corrected chi connectivity index (χ2v) is 11.1. The fourth-order valence-corrected chi connectivity index (χ4v) is 5.64. The van der Waals surface area contributed by atoms with Crippen LogP contribution in [0.3, 0.4) is 0 Å². The van der Waals surface area contributed by atoms with E-state index in [1.807, 2.05) is 0 Å². The summed E-state index contributed by atoms with van der Waals surface area (Å²) in [7, 11) is 0. The quantitative estimate of drug-likeness (QED) is 0.278. The maximum absolute atomic E-state index is 13.3. The molecule has 0 aliphatic carbocycles. The van der Waals surface area contributed by atoms with Crippen LogP contribution in [0.2, 0.25) is 0 Å². The molecule has 2 heterocycles. The first-order valence-corrected chi connectivity index (χ1v) is 14.8. The van der Waals surface area contributed by atoms with Crippen molar-refractivity contribution >= 4 is 64.9 Å². The Morgan fingerprint density at radius 1 is 0.650 bits per heavy atom. The minimum atomic E-state index is -1.35. The van der Waals surface area contributed by atoms with Gasteiger partial charge in [0, 0.05) is 11.1 Å². The Labute approximate surface area is 236 Å². The lowest BCUT2D eigenvalue weighted by Gasteiger charge is -2.22. The number of fused-ring (bicyclic) bond motifs is 2. The average molecular weight is 585 g/mol. The molecule has 0 aromatic heterocycles. The lowest BCUT2D eigenvalue weighted by atomic mass is 9.96. The Bertz CT molecular complexity index is 1360. The summed E-state index contributed by atoms with van der Waals surface area (Å²) in [6.07, 6.45) is 3.67. The zero-order valence-electron chi connectivity index (χ0n) is 21.4. The third-order valence-corrected chi connectivity index (χ3v) is 8.03. The lowest BCUT2D eigenvalue weighted by Crippen LogP contribution is -2.45. The predicted octanol–water partition coefficient (Wildman–Crippen LogP) is 2.52. The third-order valence-electron chi connectivity index (χ3n) is 6.74. The number of imide groups is 2. The Morgan fingerprint density at radius 2 is 1.00 bits per heavy atom. The number of hydrogen-bond acceptors (Lipinski definition) is 9. The number of carboxylic acid groups (broad SMARTS) is 2. The number of carbonyl (C=O) groups is 7. The highest BCUT2D eigenvalue weighted by Crippen LogP contribution is 2.30. The summed E-state index contributed by atoms with van der Waals surface area (Å²) in [5.41, 5.74) is -0.241. The molecule has 208 valence electrons. The van der Waals surface area contributed by atoms with E-state index < -0.39 is 53.4 Å². The van der Waals surface area contributed by atoms with Crippen LogP contribution >= 0.6 is 23.5 Å². The zero-order valence-corrected chi connectivity index (χ0v) is 23.0. The minimum absolute atomic E-state index is 0.00898. The fraction of sp³-hybridized carbons (Fsp3) is 0.296. The summed E-state index contributed by atoms with van der Waals surface area (Å²) in [4.78, 5) is 90.3. The van der Waals surface area contributed by atoms with E-state index in [4.69, 9.17) is 0 Å². The van der Waals surface area contributed by atoms with Crippen LogP contribution in [0.25, 0.3) is 0 Å². The van der Waals surface area contributed by atoms with Gasteiger partial charge in [-0.15, -0.1) is 0 Å². The molecule has 4 amide bonds. The Balaban J connectivity index is 1.63. The van der Waals surface area contributed by atoms with E-state index in [1.54, 1.807) is 12.5 Å². The number of carboxylic acids is 2. The SMILES string of the molecule is CSCC[C@@H](C(=O)O)N1C(=O)c2ccc(C(=O)c3ccc4c(c3)C(=O)N([C@@H](CCSC)C(=O)O)C4=O)cc2C1=O. The van der Waals surface area contributed by atoms with Gasteiger partial charge in [-0.2, -0.15) is 23.5 Å². The fourth-order valence-electron chi connectivity index (χ4n) is 4.72. The van der Waals surface area contributed by atoms with Gasteiger partial charge in [0.1, 0.15) is 12.1 Å². The summed E-state index contributed by atoms with van der Waals surface area (Å²) in [6.45, 7) is 0. The number of benzene rings is 2. The van der Waals surface area contributed by atoms with Gasteiger partial charge >= 0.3 is 11.9 Å². The van der Waals surface area contributed by atoms with Crippen molar-refractivity contribution in [1.82, 2.24) is 9.80 Å². The number of carbonyl (C=O) groups excluding carboxylic acids is 5. The molecule has 0 bridgehead atoms. The van der Waals surface area contributed by atoms with Crippen LogP contribution in [0, 0.1) is 0 Å². The molecule has 0 unspecified atom stereocenters. The normalized spacial score (nSPS) is 15.8. The molecule has 13 heteroatoms. The molecule has 2 aliphatic rings. The Kier molecular flexibility index (Phi) is 8.45. The topological polar surface area (TPSA) is 166 Å². The molecular weight excluding hydrogens is 560 g/mol. The zero-order chi connectivity index (χ0) is 29.3. The molecule has 0 spiro atoms. The van der Waals surface area contributed by atoms with Crippen LogP contribution in [0.4, 0.5) is 0 Å². The van der Waals surface area contributed by atoms with E-state index in [9.17, 15) is 43.8 Å². The molecule has 2 aromatic rings. The Hall–Kier alpha value is -3.97. The van der Waals surface area contributed by atoms with Crippen LogP contribution < -0.4 is 0 Å².